The molecular formula is C22H27F3N4O. The molecule has 0 aromatic heterocycles. The number of carbonyl (C=O) groups is 1. The molecule has 1 unspecified atom stereocenters. The number of rotatable bonds is 7. The minimum absolute atomic E-state index is 0.0736. The Morgan fingerprint density at radius 3 is 2.40 bits per heavy atom. The molecule has 162 valence electrons. The Hall–Kier alpha value is -2.74. The van der Waals surface area contributed by atoms with Gasteiger partial charge in [-0.3, -0.25) is 9.69 Å². The minimum atomic E-state index is -4.40. The number of anilines is 2. The molecular weight excluding hydrogens is 393 g/mol. The summed E-state index contributed by atoms with van der Waals surface area (Å²) in [5.41, 5.74) is 0.750. The molecule has 0 saturated carbocycles. The van der Waals surface area contributed by atoms with E-state index in [4.69, 9.17) is 0 Å². The first-order valence-electron chi connectivity index (χ1n) is 10.0. The lowest BCUT2D eigenvalue weighted by Gasteiger charge is -2.39. The highest BCUT2D eigenvalue weighted by molar-refractivity contribution is 5.80. The number of nitrogens with one attached hydrogen (secondary N) is 2. The van der Waals surface area contributed by atoms with Crippen LogP contribution in [0.1, 0.15) is 12.5 Å². The average Bonchev–Trinajstić information content (AvgIpc) is 2.76. The first-order valence-corrected chi connectivity index (χ1v) is 10.0. The van der Waals surface area contributed by atoms with Crippen LogP contribution in [0.25, 0.3) is 0 Å². The molecule has 5 nitrogen and oxygen atoms in total. The third-order valence-corrected chi connectivity index (χ3v) is 5.30. The number of nitrogens with zero attached hydrogens (tertiary/aromatic N) is 2. The average molecular weight is 420 g/mol. The standard InChI is InChI=1S/C22H27F3N4O/c1-17(28-10-12-29(13-11-28)20-8-3-2-4-9-20)15-27-21(30)16-26-19-7-5-6-18(14-19)22(23,24)25/h2-9,14,17,26H,10-13,15-16H2,1H3,(H,27,30). The minimum Gasteiger partial charge on any atom is -0.376 e. The number of para-hydroxylation sites is 1. The molecule has 0 aliphatic carbocycles. The second-order valence-electron chi connectivity index (χ2n) is 7.44. The zero-order chi connectivity index (χ0) is 21.6. The number of benzene rings is 2. The Morgan fingerprint density at radius 2 is 1.73 bits per heavy atom. The van der Waals surface area contributed by atoms with Gasteiger partial charge in [-0.05, 0) is 37.3 Å². The largest absolute Gasteiger partial charge is 0.416 e. The second kappa shape index (κ2) is 9.84. The van der Waals surface area contributed by atoms with Gasteiger partial charge in [-0.15, -0.1) is 0 Å². The molecule has 8 heteroatoms. The van der Waals surface area contributed by atoms with Crippen molar-refractivity contribution in [3.05, 3.63) is 60.2 Å². The predicted molar refractivity (Wildman–Crippen MR) is 113 cm³/mol. The van der Waals surface area contributed by atoms with Gasteiger partial charge in [0.25, 0.3) is 0 Å². The molecule has 1 fully saturated rings. The maximum atomic E-state index is 12.8. The number of hydrogen-bond donors (Lipinski definition) is 2. The van der Waals surface area contributed by atoms with Crippen LogP contribution >= 0.6 is 0 Å². The van der Waals surface area contributed by atoms with E-state index in [0.29, 0.717) is 6.54 Å². The van der Waals surface area contributed by atoms with Crippen molar-refractivity contribution in [2.45, 2.75) is 19.1 Å². The van der Waals surface area contributed by atoms with E-state index in [-0.39, 0.29) is 24.2 Å². The fourth-order valence-corrected chi connectivity index (χ4v) is 3.50. The van der Waals surface area contributed by atoms with Gasteiger partial charge in [0.2, 0.25) is 5.91 Å². The summed E-state index contributed by atoms with van der Waals surface area (Å²) in [7, 11) is 0. The van der Waals surface area contributed by atoms with Gasteiger partial charge in [0.15, 0.2) is 0 Å². The Bertz CT molecular complexity index is 821. The molecule has 2 aromatic carbocycles. The van der Waals surface area contributed by atoms with E-state index < -0.39 is 11.7 Å². The van der Waals surface area contributed by atoms with E-state index in [1.54, 1.807) is 0 Å². The lowest BCUT2D eigenvalue weighted by Crippen LogP contribution is -2.52. The lowest BCUT2D eigenvalue weighted by atomic mass is 10.2. The van der Waals surface area contributed by atoms with E-state index in [1.807, 2.05) is 18.2 Å². The molecule has 1 saturated heterocycles. The van der Waals surface area contributed by atoms with Gasteiger partial charge in [-0.2, -0.15) is 13.2 Å². The maximum Gasteiger partial charge on any atom is 0.416 e. The summed E-state index contributed by atoms with van der Waals surface area (Å²) >= 11 is 0. The van der Waals surface area contributed by atoms with Gasteiger partial charge in [-0.1, -0.05) is 24.3 Å². The fraction of sp³-hybridized carbons (Fsp3) is 0.409. The van der Waals surface area contributed by atoms with Gasteiger partial charge >= 0.3 is 6.18 Å². The molecule has 30 heavy (non-hydrogen) atoms. The number of piperazine rings is 1. The predicted octanol–water partition coefficient (Wildman–Crippen LogP) is 3.44. The highest BCUT2D eigenvalue weighted by atomic mass is 19.4. The topological polar surface area (TPSA) is 47.6 Å². The van der Waals surface area contributed by atoms with Crippen molar-refractivity contribution in [1.82, 2.24) is 10.2 Å². The van der Waals surface area contributed by atoms with Crippen molar-refractivity contribution in [3.63, 3.8) is 0 Å². The molecule has 2 N–H and O–H groups in total. The molecule has 3 rings (SSSR count). The van der Waals surface area contributed by atoms with Gasteiger partial charge in [0, 0.05) is 50.1 Å². The third-order valence-electron chi connectivity index (χ3n) is 5.30. The van der Waals surface area contributed by atoms with Gasteiger partial charge in [0.1, 0.15) is 0 Å². The summed E-state index contributed by atoms with van der Waals surface area (Å²) < 4.78 is 38.3. The fourth-order valence-electron chi connectivity index (χ4n) is 3.50. The molecule has 1 heterocycles. The summed E-state index contributed by atoms with van der Waals surface area (Å²) in [6.45, 7) is 6.17. The summed E-state index contributed by atoms with van der Waals surface area (Å²) in [6, 6.07) is 15.3. The molecule has 0 bridgehead atoms. The number of hydrogen-bond acceptors (Lipinski definition) is 4. The van der Waals surface area contributed by atoms with E-state index in [2.05, 4.69) is 39.5 Å². The van der Waals surface area contributed by atoms with E-state index in [1.165, 1.54) is 17.8 Å². The SMILES string of the molecule is CC(CNC(=O)CNc1cccc(C(F)(F)F)c1)N1CCN(c2ccccc2)CC1. The Morgan fingerprint density at radius 1 is 1.03 bits per heavy atom. The van der Waals surface area contributed by atoms with Crippen molar-refractivity contribution < 1.29 is 18.0 Å². The van der Waals surface area contributed by atoms with Crippen molar-refractivity contribution in [1.29, 1.82) is 0 Å². The molecule has 2 aromatic rings. The van der Waals surface area contributed by atoms with Crippen LogP contribution in [0.3, 0.4) is 0 Å². The van der Waals surface area contributed by atoms with Crippen LogP contribution in [-0.2, 0) is 11.0 Å². The van der Waals surface area contributed by atoms with Gasteiger partial charge in [-0.25, -0.2) is 0 Å². The quantitative estimate of drug-likeness (QED) is 0.721. The van der Waals surface area contributed by atoms with Crippen LogP contribution in [0.15, 0.2) is 54.6 Å². The Kier molecular flexibility index (Phi) is 7.20. The van der Waals surface area contributed by atoms with Crippen LogP contribution in [0, 0.1) is 0 Å². The first kappa shape index (κ1) is 22.0. The summed E-state index contributed by atoms with van der Waals surface area (Å²) in [5, 5.41) is 5.61. The second-order valence-corrected chi connectivity index (χ2v) is 7.44. The molecule has 0 spiro atoms. The number of amides is 1. The van der Waals surface area contributed by atoms with Crippen LogP contribution in [0.2, 0.25) is 0 Å². The normalized spacial score (nSPS) is 16.2. The van der Waals surface area contributed by atoms with Crippen LogP contribution in [-0.4, -0.2) is 56.1 Å². The Labute approximate surface area is 174 Å². The van der Waals surface area contributed by atoms with Crippen LogP contribution in [0.4, 0.5) is 24.5 Å². The van der Waals surface area contributed by atoms with Crippen LogP contribution in [0.5, 0.6) is 0 Å². The molecule has 1 amide bonds. The molecule has 1 aliphatic heterocycles. The highest BCUT2D eigenvalue weighted by Crippen LogP contribution is 2.30. The zero-order valence-corrected chi connectivity index (χ0v) is 17.0. The van der Waals surface area contributed by atoms with E-state index in [9.17, 15) is 18.0 Å². The first-order chi connectivity index (χ1) is 14.3. The van der Waals surface area contributed by atoms with Crippen LogP contribution < -0.4 is 15.5 Å². The third kappa shape index (κ3) is 6.13. The Balaban J connectivity index is 1.39. The van der Waals surface area contributed by atoms with Crippen molar-refractivity contribution in [3.8, 4) is 0 Å². The summed E-state index contributed by atoms with van der Waals surface area (Å²) in [6.07, 6.45) is -4.40. The smallest absolute Gasteiger partial charge is 0.376 e. The van der Waals surface area contributed by atoms with E-state index >= 15 is 0 Å². The van der Waals surface area contributed by atoms with Gasteiger partial charge < -0.3 is 15.5 Å². The van der Waals surface area contributed by atoms with Crippen molar-refractivity contribution >= 4 is 17.3 Å². The van der Waals surface area contributed by atoms with Crippen molar-refractivity contribution in [2.75, 3.05) is 49.5 Å². The number of alkyl halides is 3. The monoisotopic (exact) mass is 420 g/mol. The molecule has 1 aliphatic rings. The number of halogens is 3. The lowest BCUT2D eigenvalue weighted by molar-refractivity contribution is -0.137. The summed E-state index contributed by atoms with van der Waals surface area (Å²) in [4.78, 5) is 16.8. The molecule has 0 radical (unpaired) electrons. The van der Waals surface area contributed by atoms with Crippen molar-refractivity contribution in [2.24, 2.45) is 0 Å². The van der Waals surface area contributed by atoms with Gasteiger partial charge in [0.05, 0.1) is 12.1 Å². The summed E-state index contributed by atoms with van der Waals surface area (Å²) in [5.74, 6) is -0.248. The zero-order valence-electron chi connectivity index (χ0n) is 17.0. The molecule has 1 atom stereocenters. The maximum absolute atomic E-state index is 12.8. The number of carbonyl (C=O) groups excluding carboxylic acids is 1. The highest BCUT2D eigenvalue weighted by Gasteiger charge is 2.30. The van der Waals surface area contributed by atoms with E-state index in [0.717, 1.165) is 38.3 Å².